The summed E-state index contributed by atoms with van der Waals surface area (Å²) >= 11 is 15.1. The summed E-state index contributed by atoms with van der Waals surface area (Å²) in [5.41, 5.74) is 9.06. The van der Waals surface area contributed by atoms with Gasteiger partial charge in [0.2, 0.25) is 11.0 Å². The maximum atomic E-state index is 13.3. The minimum absolute atomic E-state index is 0.0708. The fraction of sp³-hybridized carbons (Fsp3) is 0.250. The number of nitrogens with one attached hydrogen (secondary N) is 1. The summed E-state index contributed by atoms with van der Waals surface area (Å²) in [5, 5.41) is 22.7. The molecule has 0 saturated heterocycles. The average Bonchev–Trinajstić information content (AvgIpc) is 3.44. The molecule has 2 aromatic carbocycles. The molecule has 1 aromatic heterocycles. The van der Waals surface area contributed by atoms with Crippen molar-refractivity contribution in [3.63, 3.8) is 0 Å². The zero-order chi connectivity index (χ0) is 30.0. The molecule has 1 aliphatic heterocycles. The van der Waals surface area contributed by atoms with Crippen molar-refractivity contribution in [3.05, 3.63) is 74.7 Å². The Labute approximate surface area is 260 Å². The number of carbonyl (C=O) groups is 2. The van der Waals surface area contributed by atoms with E-state index in [0.29, 0.717) is 72.8 Å². The zero-order valence-corrected chi connectivity index (χ0v) is 25.6. The lowest BCUT2D eigenvalue weighted by molar-refractivity contribution is -0.116. The van der Waals surface area contributed by atoms with E-state index in [9.17, 15) is 14.9 Å². The predicted octanol–water partition coefficient (Wildman–Crippen LogP) is 5.90. The van der Waals surface area contributed by atoms with Crippen LogP contribution in [-0.2, 0) is 9.59 Å². The van der Waals surface area contributed by atoms with Crippen LogP contribution in [0.3, 0.4) is 0 Å². The van der Waals surface area contributed by atoms with Crippen molar-refractivity contribution in [1.29, 1.82) is 5.26 Å². The Hall–Kier alpha value is -3.76. The van der Waals surface area contributed by atoms with Gasteiger partial charge < -0.3 is 20.5 Å². The summed E-state index contributed by atoms with van der Waals surface area (Å²) in [4.78, 5) is 27.6. The standard InChI is InChI=1S/C28H24Cl2N6O4S2/c1-39-21-9-7-15(11-22(21)40-2)33-23(38)13-41-28-35-34-27(42-28)36-19-4-3-5-20(37)25(19)24(17(12-31)26(36)32)16-8-6-14(29)10-18(16)30/h6-11,24H,3-5,13,32H2,1-2H3,(H,33,38). The third kappa shape index (κ3) is 5.78. The fourth-order valence-corrected chi connectivity index (χ4v) is 7.14. The number of nitrogens with zero attached hydrogens (tertiary/aromatic N) is 4. The molecule has 0 bridgehead atoms. The number of aromatic nitrogens is 2. The molecule has 3 aromatic rings. The van der Waals surface area contributed by atoms with E-state index in [4.69, 9.17) is 38.4 Å². The average molecular weight is 644 g/mol. The van der Waals surface area contributed by atoms with Crippen molar-refractivity contribution in [2.45, 2.75) is 29.5 Å². The van der Waals surface area contributed by atoms with Crippen molar-refractivity contribution in [2.75, 3.05) is 30.2 Å². The van der Waals surface area contributed by atoms with E-state index in [0.717, 1.165) is 0 Å². The number of methoxy groups -OCH3 is 2. The van der Waals surface area contributed by atoms with Crippen LogP contribution in [0.1, 0.15) is 30.7 Å². The van der Waals surface area contributed by atoms with Crippen molar-refractivity contribution in [1.82, 2.24) is 10.2 Å². The first-order valence-corrected chi connectivity index (χ1v) is 15.2. The summed E-state index contributed by atoms with van der Waals surface area (Å²) in [7, 11) is 3.06. The molecular weight excluding hydrogens is 619 g/mol. The number of thioether (sulfide) groups is 1. The Morgan fingerprint density at radius 1 is 1.19 bits per heavy atom. The van der Waals surface area contributed by atoms with Crippen molar-refractivity contribution < 1.29 is 19.1 Å². The van der Waals surface area contributed by atoms with E-state index < -0.39 is 5.92 Å². The molecule has 1 unspecified atom stereocenters. The van der Waals surface area contributed by atoms with Crippen LogP contribution in [0.5, 0.6) is 11.5 Å². The highest BCUT2D eigenvalue weighted by Gasteiger charge is 2.42. The molecule has 14 heteroatoms. The predicted molar refractivity (Wildman–Crippen MR) is 163 cm³/mol. The normalized spacial score (nSPS) is 16.7. The van der Waals surface area contributed by atoms with Crippen LogP contribution in [0.15, 0.2) is 63.4 Å². The lowest BCUT2D eigenvalue weighted by Crippen LogP contribution is -2.38. The van der Waals surface area contributed by atoms with Gasteiger partial charge in [-0.25, -0.2) is 0 Å². The number of allylic oxidation sites excluding steroid dienone is 3. The monoisotopic (exact) mass is 642 g/mol. The lowest BCUT2D eigenvalue weighted by atomic mass is 9.76. The van der Waals surface area contributed by atoms with Gasteiger partial charge in [0, 0.05) is 39.5 Å². The van der Waals surface area contributed by atoms with Crippen molar-refractivity contribution in [2.24, 2.45) is 5.73 Å². The van der Waals surface area contributed by atoms with Gasteiger partial charge in [-0.15, -0.1) is 10.2 Å². The van der Waals surface area contributed by atoms with Gasteiger partial charge in [-0.3, -0.25) is 14.5 Å². The Balaban J connectivity index is 1.39. The van der Waals surface area contributed by atoms with Gasteiger partial charge >= 0.3 is 0 Å². The quantitative estimate of drug-likeness (QED) is 0.285. The Morgan fingerprint density at radius 3 is 2.69 bits per heavy atom. The molecule has 0 spiro atoms. The number of nitrogens with two attached hydrogens (primary N) is 1. The molecule has 1 amide bonds. The smallest absolute Gasteiger partial charge is 0.234 e. The van der Waals surface area contributed by atoms with E-state index in [-0.39, 0.29) is 28.8 Å². The van der Waals surface area contributed by atoms with E-state index in [2.05, 4.69) is 21.6 Å². The fourth-order valence-electron chi connectivity index (χ4n) is 4.94. The minimum Gasteiger partial charge on any atom is -0.493 e. The van der Waals surface area contributed by atoms with Gasteiger partial charge in [0.1, 0.15) is 5.82 Å². The third-order valence-electron chi connectivity index (χ3n) is 6.77. The van der Waals surface area contributed by atoms with Crippen molar-refractivity contribution >= 4 is 68.8 Å². The van der Waals surface area contributed by atoms with Crippen LogP contribution in [-0.4, -0.2) is 41.9 Å². The first-order chi connectivity index (χ1) is 20.2. The summed E-state index contributed by atoms with van der Waals surface area (Å²) in [6, 6.07) is 12.3. The molecule has 0 radical (unpaired) electrons. The molecule has 3 N–H and O–H groups in total. The number of ketones is 1. The highest BCUT2D eigenvalue weighted by Crippen LogP contribution is 2.48. The van der Waals surface area contributed by atoms with E-state index in [1.54, 1.807) is 41.3 Å². The second-order valence-electron chi connectivity index (χ2n) is 9.24. The molecule has 2 aliphatic rings. The molecular formula is C28H24Cl2N6O4S2. The molecule has 42 heavy (non-hydrogen) atoms. The number of amides is 1. The number of carbonyl (C=O) groups excluding carboxylic acids is 2. The first kappa shape index (κ1) is 29.7. The molecule has 1 aliphatic carbocycles. The highest BCUT2D eigenvalue weighted by atomic mass is 35.5. The number of hydrogen-bond donors (Lipinski definition) is 2. The van der Waals surface area contributed by atoms with Crippen LogP contribution in [0.2, 0.25) is 10.0 Å². The third-order valence-corrected chi connectivity index (χ3v) is 9.37. The van der Waals surface area contributed by atoms with Gasteiger partial charge in [-0.2, -0.15) is 5.26 Å². The number of Topliss-reactive ketones (excluding diaryl/α,β-unsaturated/α-hetero) is 1. The largest absolute Gasteiger partial charge is 0.493 e. The molecule has 0 fully saturated rings. The van der Waals surface area contributed by atoms with Gasteiger partial charge in [-0.1, -0.05) is 52.4 Å². The van der Waals surface area contributed by atoms with Crippen LogP contribution >= 0.6 is 46.3 Å². The number of hydrogen-bond acceptors (Lipinski definition) is 11. The van der Waals surface area contributed by atoms with E-state index in [1.165, 1.54) is 37.3 Å². The second-order valence-corrected chi connectivity index (χ2v) is 12.3. The Kier molecular flexibility index (Phi) is 8.93. The second kappa shape index (κ2) is 12.6. The molecule has 2 heterocycles. The maximum Gasteiger partial charge on any atom is 0.234 e. The number of ether oxygens (including phenoxy) is 2. The summed E-state index contributed by atoms with van der Waals surface area (Å²) in [6.07, 6.45) is 1.53. The summed E-state index contributed by atoms with van der Waals surface area (Å²) in [5.74, 6) is 0.221. The number of halogens is 2. The van der Waals surface area contributed by atoms with Gasteiger partial charge in [-0.05, 0) is 42.7 Å². The zero-order valence-electron chi connectivity index (χ0n) is 22.4. The SMILES string of the molecule is COc1ccc(NC(=O)CSc2nnc(N3C(N)=C(C#N)C(c4ccc(Cl)cc4Cl)C4=C3CCCC4=O)s2)cc1OC. The van der Waals surface area contributed by atoms with Gasteiger partial charge in [0.25, 0.3) is 0 Å². The first-order valence-electron chi connectivity index (χ1n) is 12.6. The molecule has 10 nitrogen and oxygen atoms in total. The topological polar surface area (TPSA) is 143 Å². The molecule has 1 atom stereocenters. The van der Waals surface area contributed by atoms with Crippen molar-refractivity contribution in [3.8, 4) is 17.6 Å². The maximum absolute atomic E-state index is 13.3. The van der Waals surface area contributed by atoms with Gasteiger partial charge in [0.15, 0.2) is 21.6 Å². The molecule has 5 rings (SSSR count). The summed E-state index contributed by atoms with van der Waals surface area (Å²) < 4.78 is 11.0. The lowest BCUT2D eigenvalue weighted by Gasteiger charge is -2.38. The van der Waals surface area contributed by atoms with Gasteiger partial charge in [0.05, 0.1) is 37.5 Å². The molecule has 0 saturated carbocycles. The number of benzene rings is 2. The van der Waals surface area contributed by atoms with Crippen LogP contribution in [0, 0.1) is 11.3 Å². The van der Waals surface area contributed by atoms with Crippen LogP contribution in [0.25, 0.3) is 0 Å². The van der Waals surface area contributed by atoms with Crippen LogP contribution in [0.4, 0.5) is 10.8 Å². The number of nitriles is 1. The Morgan fingerprint density at radius 2 is 1.98 bits per heavy atom. The number of anilines is 2. The van der Waals surface area contributed by atoms with E-state index in [1.807, 2.05) is 0 Å². The van der Waals surface area contributed by atoms with Crippen LogP contribution < -0.4 is 25.4 Å². The molecule has 216 valence electrons. The highest BCUT2D eigenvalue weighted by molar-refractivity contribution is 8.01. The Bertz CT molecular complexity index is 1680. The number of rotatable bonds is 8. The minimum atomic E-state index is -0.721. The summed E-state index contributed by atoms with van der Waals surface area (Å²) in [6.45, 7) is 0. The van der Waals surface area contributed by atoms with E-state index >= 15 is 0 Å².